The number of sulfone groups is 1. The maximum Gasteiger partial charge on any atom is 0.309 e. The number of hydrogen-bond acceptors (Lipinski definition) is 5. The zero-order chi connectivity index (χ0) is 21.6. The van der Waals surface area contributed by atoms with Gasteiger partial charge in [0, 0.05) is 25.0 Å². The molecule has 2 rings (SSSR count). The molecule has 0 fully saturated rings. The van der Waals surface area contributed by atoms with E-state index in [4.69, 9.17) is 0 Å². The lowest BCUT2D eigenvalue weighted by molar-refractivity contribution is -0.139. The number of rotatable bonds is 7. The summed E-state index contributed by atoms with van der Waals surface area (Å²) in [6.07, 6.45) is 3.68. The van der Waals surface area contributed by atoms with Gasteiger partial charge < -0.3 is 10.6 Å². The lowest BCUT2D eigenvalue weighted by Crippen LogP contribution is -2.45. The number of aromatic nitrogens is 1. The van der Waals surface area contributed by atoms with Crippen LogP contribution in [0.3, 0.4) is 0 Å². The summed E-state index contributed by atoms with van der Waals surface area (Å²) >= 11 is 0. The second-order valence-corrected chi connectivity index (χ2v) is 9.18. The van der Waals surface area contributed by atoms with Crippen molar-refractivity contribution in [3.05, 3.63) is 59.4 Å². The minimum absolute atomic E-state index is 0.152. The Morgan fingerprint density at radius 3 is 2.48 bits per heavy atom. The van der Waals surface area contributed by atoms with Crippen molar-refractivity contribution in [3.63, 3.8) is 0 Å². The lowest BCUT2D eigenvalue weighted by Gasteiger charge is -2.20. The lowest BCUT2D eigenvalue weighted by atomic mass is 10.2. The molecule has 1 heterocycles. The molecular weight excluding hydrogens is 390 g/mol. The molecule has 0 saturated carbocycles. The number of benzene rings is 1. The van der Waals surface area contributed by atoms with Gasteiger partial charge in [0.1, 0.15) is 5.25 Å². The number of carbonyl (C=O) groups is 2. The monoisotopic (exact) mass is 417 g/mol. The molecule has 0 spiro atoms. The highest BCUT2D eigenvalue weighted by atomic mass is 32.2. The smallest absolute Gasteiger partial charge is 0.309 e. The molecule has 0 bridgehead atoms. The first-order valence-electron chi connectivity index (χ1n) is 9.46. The van der Waals surface area contributed by atoms with Crippen molar-refractivity contribution in [1.29, 1.82) is 0 Å². The fraction of sp³-hybridized carbons (Fsp3) is 0.381. The second kappa shape index (κ2) is 9.65. The number of hydrogen-bond donors (Lipinski definition) is 2. The molecule has 0 aliphatic heterocycles. The van der Waals surface area contributed by atoms with Crippen LogP contribution in [0.4, 0.5) is 0 Å². The predicted molar refractivity (Wildman–Crippen MR) is 111 cm³/mol. The van der Waals surface area contributed by atoms with E-state index in [1.165, 1.54) is 6.20 Å². The largest absolute Gasteiger partial charge is 0.346 e. The van der Waals surface area contributed by atoms with Crippen LogP contribution in [0, 0.1) is 13.8 Å². The molecule has 1 aromatic carbocycles. The zero-order valence-corrected chi connectivity index (χ0v) is 17.9. The van der Waals surface area contributed by atoms with E-state index in [2.05, 4.69) is 15.6 Å². The summed E-state index contributed by atoms with van der Waals surface area (Å²) < 4.78 is 26.9. The average molecular weight is 418 g/mol. The van der Waals surface area contributed by atoms with E-state index in [1.807, 2.05) is 19.9 Å². The van der Waals surface area contributed by atoms with Crippen molar-refractivity contribution in [3.8, 4) is 0 Å². The van der Waals surface area contributed by atoms with E-state index in [1.54, 1.807) is 44.3 Å². The molecule has 29 heavy (non-hydrogen) atoms. The van der Waals surface area contributed by atoms with E-state index in [0.29, 0.717) is 17.5 Å². The Morgan fingerprint density at radius 1 is 1.14 bits per heavy atom. The first kappa shape index (κ1) is 22.5. The highest BCUT2D eigenvalue weighted by molar-refractivity contribution is 7.91. The van der Waals surface area contributed by atoms with Gasteiger partial charge in [-0.05, 0) is 56.0 Å². The minimum atomic E-state index is -3.84. The van der Waals surface area contributed by atoms with Crippen LogP contribution in [-0.2, 0) is 19.4 Å². The number of nitrogens with one attached hydrogen (secondary N) is 2. The normalized spacial score (nSPS) is 13.4. The molecule has 156 valence electrons. The Labute approximate surface area is 171 Å². The summed E-state index contributed by atoms with van der Waals surface area (Å²) in [6.45, 7) is 6.98. The fourth-order valence-corrected chi connectivity index (χ4v) is 4.77. The van der Waals surface area contributed by atoms with Gasteiger partial charge in [0.25, 0.3) is 0 Å². The first-order valence-corrected chi connectivity index (χ1v) is 11.0. The Hall–Kier alpha value is -2.74. The van der Waals surface area contributed by atoms with Crippen LogP contribution in [0.2, 0.25) is 0 Å². The maximum atomic E-state index is 13.4. The van der Waals surface area contributed by atoms with E-state index >= 15 is 0 Å². The van der Waals surface area contributed by atoms with Crippen LogP contribution in [0.15, 0.2) is 47.6 Å². The summed E-state index contributed by atoms with van der Waals surface area (Å²) in [6, 6.07) is 8.34. The number of nitrogens with zero attached hydrogens (tertiary/aromatic N) is 1. The highest BCUT2D eigenvalue weighted by Gasteiger charge is 2.32. The molecule has 2 amide bonds. The molecule has 0 radical (unpaired) electrons. The van der Waals surface area contributed by atoms with Gasteiger partial charge in [0.15, 0.2) is 9.84 Å². The summed E-state index contributed by atoms with van der Waals surface area (Å²) in [5.74, 6) is -1.65. The van der Waals surface area contributed by atoms with Gasteiger partial charge in [-0.1, -0.05) is 25.1 Å². The first-order chi connectivity index (χ1) is 13.7. The van der Waals surface area contributed by atoms with Crippen molar-refractivity contribution in [2.24, 2.45) is 0 Å². The average Bonchev–Trinajstić information content (AvgIpc) is 2.70. The Balaban J connectivity index is 2.33. The van der Waals surface area contributed by atoms with Gasteiger partial charge in [0.2, 0.25) is 0 Å². The van der Waals surface area contributed by atoms with Crippen LogP contribution < -0.4 is 10.6 Å². The van der Waals surface area contributed by atoms with Gasteiger partial charge >= 0.3 is 11.8 Å². The number of amides is 2. The number of pyridine rings is 1. The quantitative estimate of drug-likeness (QED) is 0.672. The predicted octanol–water partition coefficient (Wildman–Crippen LogP) is 2.24. The van der Waals surface area contributed by atoms with Crippen molar-refractivity contribution < 1.29 is 18.0 Å². The van der Waals surface area contributed by atoms with Gasteiger partial charge in [-0.2, -0.15) is 0 Å². The van der Waals surface area contributed by atoms with Crippen molar-refractivity contribution in [1.82, 2.24) is 15.6 Å². The standard InChI is InChI=1S/C21H27N3O4S/c1-5-16(4)24-21(26)20(25)23-13-19(17-7-6-10-22-12-17)29(27,28)18-11-14(2)8-9-15(18)3/h6-12,16,19H,5,13H2,1-4H3,(H,23,25)(H,24,26)/t16-,19+/m1/s1. The third-order valence-electron chi connectivity index (χ3n) is 4.73. The third-order valence-corrected chi connectivity index (χ3v) is 6.97. The van der Waals surface area contributed by atoms with Crippen LogP contribution >= 0.6 is 0 Å². The van der Waals surface area contributed by atoms with E-state index in [0.717, 1.165) is 5.56 Å². The Kier molecular flexibility index (Phi) is 7.50. The molecule has 7 nitrogen and oxygen atoms in total. The molecular formula is C21H27N3O4S. The third kappa shape index (κ3) is 5.63. The molecule has 2 aromatic rings. The van der Waals surface area contributed by atoms with Gasteiger partial charge in [-0.15, -0.1) is 0 Å². The molecule has 0 aliphatic rings. The topological polar surface area (TPSA) is 105 Å². The summed E-state index contributed by atoms with van der Waals surface area (Å²) in [5.41, 5.74) is 1.87. The molecule has 2 atom stereocenters. The SMILES string of the molecule is CC[C@@H](C)NC(=O)C(=O)NC[C@@H](c1cccnc1)S(=O)(=O)c1cc(C)ccc1C. The zero-order valence-electron chi connectivity index (χ0n) is 17.1. The van der Waals surface area contributed by atoms with E-state index in [-0.39, 0.29) is 17.5 Å². The molecule has 0 saturated heterocycles. The maximum absolute atomic E-state index is 13.4. The number of aryl methyl sites for hydroxylation is 2. The molecule has 1 aromatic heterocycles. The summed E-state index contributed by atoms with van der Waals surface area (Å²) in [5, 5.41) is 3.96. The van der Waals surface area contributed by atoms with Crippen LogP contribution in [-0.4, -0.2) is 37.8 Å². The van der Waals surface area contributed by atoms with E-state index in [9.17, 15) is 18.0 Å². The van der Waals surface area contributed by atoms with Gasteiger partial charge in [-0.3, -0.25) is 14.6 Å². The molecule has 2 N–H and O–H groups in total. The van der Waals surface area contributed by atoms with Gasteiger partial charge in [0.05, 0.1) is 4.90 Å². The Bertz CT molecular complexity index is 975. The van der Waals surface area contributed by atoms with Crippen LogP contribution in [0.25, 0.3) is 0 Å². The van der Waals surface area contributed by atoms with Crippen LogP contribution in [0.5, 0.6) is 0 Å². The van der Waals surface area contributed by atoms with Gasteiger partial charge in [-0.25, -0.2) is 8.42 Å². The van der Waals surface area contributed by atoms with Crippen molar-refractivity contribution in [2.75, 3.05) is 6.54 Å². The highest BCUT2D eigenvalue weighted by Crippen LogP contribution is 2.30. The molecule has 0 unspecified atom stereocenters. The number of carbonyl (C=O) groups excluding carboxylic acids is 2. The second-order valence-electron chi connectivity index (χ2n) is 7.08. The Morgan fingerprint density at radius 2 is 1.86 bits per heavy atom. The summed E-state index contributed by atoms with van der Waals surface area (Å²) in [7, 11) is -3.84. The van der Waals surface area contributed by atoms with Crippen LogP contribution in [0.1, 0.15) is 42.2 Å². The minimum Gasteiger partial charge on any atom is -0.346 e. The summed E-state index contributed by atoms with van der Waals surface area (Å²) in [4.78, 5) is 28.4. The molecule has 8 heteroatoms. The van der Waals surface area contributed by atoms with Crippen molar-refractivity contribution >= 4 is 21.7 Å². The van der Waals surface area contributed by atoms with Crippen molar-refractivity contribution in [2.45, 2.75) is 50.3 Å². The fourth-order valence-electron chi connectivity index (χ4n) is 2.80. The van der Waals surface area contributed by atoms with E-state index < -0.39 is 26.9 Å². The molecule has 0 aliphatic carbocycles.